The summed E-state index contributed by atoms with van der Waals surface area (Å²) in [7, 11) is 0. The Bertz CT molecular complexity index is 932. The standard InChI is InChI=1S/C20H20N6S2/c1-3-11-21-19(27)25-23-17-14-9-5-7-13-8-6-10-15(16(13)14)18(17)24-26-20(28)22-12-4-2/h3-10H,1-2,11-12H2,(H2,21,25,27)(H2,22,26,28)/b23-17+,24-18+. The van der Waals surface area contributed by atoms with Crippen molar-refractivity contribution in [2.75, 3.05) is 13.1 Å². The normalized spacial score (nSPS) is 14.7. The molecule has 0 aromatic heterocycles. The van der Waals surface area contributed by atoms with Gasteiger partial charge in [0.05, 0.1) is 0 Å². The van der Waals surface area contributed by atoms with E-state index < -0.39 is 0 Å². The lowest BCUT2D eigenvalue weighted by atomic mass is 10.1. The molecule has 0 saturated carbocycles. The van der Waals surface area contributed by atoms with Crippen molar-refractivity contribution in [2.24, 2.45) is 10.2 Å². The van der Waals surface area contributed by atoms with Crippen molar-refractivity contribution < 1.29 is 0 Å². The molecule has 0 spiro atoms. The first kappa shape index (κ1) is 19.7. The Morgan fingerprint density at radius 1 is 0.821 bits per heavy atom. The minimum Gasteiger partial charge on any atom is -0.358 e. The molecule has 1 aliphatic carbocycles. The van der Waals surface area contributed by atoms with Gasteiger partial charge in [-0.05, 0) is 29.8 Å². The molecule has 0 amide bonds. The van der Waals surface area contributed by atoms with Crippen LogP contribution in [0.2, 0.25) is 0 Å². The van der Waals surface area contributed by atoms with E-state index in [9.17, 15) is 0 Å². The average molecular weight is 409 g/mol. The van der Waals surface area contributed by atoms with Gasteiger partial charge in [-0.3, -0.25) is 10.9 Å². The monoisotopic (exact) mass is 408 g/mol. The largest absolute Gasteiger partial charge is 0.358 e. The molecule has 0 saturated heterocycles. The molecule has 1 aliphatic rings. The van der Waals surface area contributed by atoms with E-state index in [4.69, 9.17) is 24.4 Å². The summed E-state index contributed by atoms with van der Waals surface area (Å²) in [6, 6.07) is 12.2. The molecule has 0 atom stereocenters. The summed E-state index contributed by atoms with van der Waals surface area (Å²) in [6.45, 7) is 8.43. The van der Waals surface area contributed by atoms with Gasteiger partial charge in [0.25, 0.3) is 0 Å². The Morgan fingerprint density at radius 2 is 1.29 bits per heavy atom. The highest BCUT2D eigenvalue weighted by Crippen LogP contribution is 2.31. The zero-order chi connectivity index (χ0) is 19.9. The van der Waals surface area contributed by atoms with Crippen molar-refractivity contribution in [3.8, 4) is 0 Å². The van der Waals surface area contributed by atoms with Crippen molar-refractivity contribution in [3.05, 3.63) is 72.8 Å². The van der Waals surface area contributed by atoms with Crippen LogP contribution in [0.5, 0.6) is 0 Å². The molecule has 142 valence electrons. The number of hydrogen-bond acceptors (Lipinski definition) is 4. The van der Waals surface area contributed by atoms with Gasteiger partial charge in [0, 0.05) is 29.6 Å². The van der Waals surface area contributed by atoms with Crippen LogP contribution in [0.3, 0.4) is 0 Å². The van der Waals surface area contributed by atoms with E-state index in [1.54, 1.807) is 12.2 Å². The maximum atomic E-state index is 5.24. The van der Waals surface area contributed by atoms with E-state index in [0.717, 1.165) is 21.9 Å². The molecule has 0 aliphatic heterocycles. The SMILES string of the molecule is C=CCNC(=S)N/N=C1/C(=N/NC(=S)NCC=C)c2cccc3cccc1c23. The minimum atomic E-state index is 0.408. The summed E-state index contributed by atoms with van der Waals surface area (Å²) >= 11 is 10.5. The second-order valence-corrected chi connectivity index (χ2v) is 6.67. The zero-order valence-electron chi connectivity index (χ0n) is 15.2. The molecule has 28 heavy (non-hydrogen) atoms. The van der Waals surface area contributed by atoms with Gasteiger partial charge in [-0.2, -0.15) is 10.2 Å². The molecule has 4 N–H and O–H groups in total. The molecule has 0 heterocycles. The predicted molar refractivity (Wildman–Crippen MR) is 125 cm³/mol. The number of hydrazone groups is 2. The Hall–Kier alpha value is -3.10. The van der Waals surface area contributed by atoms with Gasteiger partial charge in [0.1, 0.15) is 11.4 Å². The van der Waals surface area contributed by atoms with Crippen molar-refractivity contribution in [2.45, 2.75) is 0 Å². The van der Waals surface area contributed by atoms with Gasteiger partial charge in [-0.15, -0.1) is 13.2 Å². The summed E-state index contributed by atoms with van der Waals surface area (Å²) in [6.07, 6.45) is 3.45. The third-order valence-electron chi connectivity index (χ3n) is 3.99. The van der Waals surface area contributed by atoms with Crippen LogP contribution in [-0.4, -0.2) is 34.7 Å². The predicted octanol–water partition coefficient (Wildman–Crippen LogP) is 2.56. The first-order valence-corrected chi connectivity index (χ1v) is 9.45. The maximum absolute atomic E-state index is 5.24. The van der Waals surface area contributed by atoms with Crippen molar-refractivity contribution in [3.63, 3.8) is 0 Å². The minimum absolute atomic E-state index is 0.408. The lowest BCUT2D eigenvalue weighted by Gasteiger charge is -2.08. The first-order valence-electron chi connectivity index (χ1n) is 8.63. The van der Waals surface area contributed by atoms with E-state index in [-0.39, 0.29) is 0 Å². The Kier molecular flexibility index (Phi) is 6.46. The molecule has 3 rings (SSSR count). The number of rotatable bonds is 6. The van der Waals surface area contributed by atoms with Crippen LogP contribution in [0.1, 0.15) is 11.1 Å². The summed E-state index contributed by atoms with van der Waals surface area (Å²) in [4.78, 5) is 0. The van der Waals surface area contributed by atoms with Crippen LogP contribution in [0.15, 0.2) is 71.9 Å². The molecule has 2 aromatic carbocycles. The number of nitrogens with zero attached hydrogens (tertiary/aromatic N) is 2. The van der Waals surface area contributed by atoms with E-state index in [1.165, 1.54) is 0 Å². The van der Waals surface area contributed by atoms with Crippen LogP contribution in [0.4, 0.5) is 0 Å². The number of thiocarbonyl (C=S) groups is 2. The quantitative estimate of drug-likeness (QED) is 0.335. The summed E-state index contributed by atoms with van der Waals surface area (Å²) in [5.74, 6) is 0. The molecule has 6 nitrogen and oxygen atoms in total. The lowest BCUT2D eigenvalue weighted by Crippen LogP contribution is -2.35. The second kappa shape index (κ2) is 9.20. The fourth-order valence-electron chi connectivity index (χ4n) is 2.84. The van der Waals surface area contributed by atoms with Gasteiger partial charge in [0.2, 0.25) is 0 Å². The van der Waals surface area contributed by atoms with Gasteiger partial charge >= 0.3 is 0 Å². The van der Waals surface area contributed by atoms with Crippen molar-refractivity contribution >= 4 is 56.9 Å². The number of benzene rings is 2. The fraction of sp³-hybridized carbons (Fsp3) is 0.100. The van der Waals surface area contributed by atoms with Crippen LogP contribution in [-0.2, 0) is 0 Å². The van der Waals surface area contributed by atoms with Gasteiger partial charge in [-0.1, -0.05) is 48.6 Å². The van der Waals surface area contributed by atoms with E-state index in [0.29, 0.717) is 34.7 Å². The van der Waals surface area contributed by atoms with Crippen LogP contribution in [0.25, 0.3) is 10.8 Å². The van der Waals surface area contributed by atoms with Gasteiger partial charge in [0.15, 0.2) is 10.2 Å². The molecule has 0 fully saturated rings. The highest BCUT2D eigenvalue weighted by atomic mass is 32.1. The molecule has 8 heteroatoms. The Morgan fingerprint density at radius 3 is 1.71 bits per heavy atom. The van der Waals surface area contributed by atoms with E-state index in [1.807, 2.05) is 24.3 Å². The Labute approximate surface area is 174 Å². The van der Waals surface area contributed by atoms with Gasteiger partial charge < -0.3 is 10.6 Å². The molecule has 2 aromatic rings. The fourth-order valence-corrected chi connectivity index (χ4v) is 3.10. The van der Waals surface area contributed by atoms with Crippen LogP contribution >= 0.6 is 24.4 Å². The molecular formula is C20H20N6S2. The highest BCUT2D eigenvalue weighted by Gasteiger charge is 2.27. The van der Waals surface area contributed by atoms with E-state index in [2.05, 4.69) is 57.0 Å². The second-order valence-electron chi connectivity index (χ2n) is 5.85. The topological polar surface area (TPSA) is 72.8 Å². The maximum Gasteiger partial charge on any atom is 0.187 e. The summed E-state index contributed by atoms with van der Waals surface area (Å²) in [5.41, 5.74) is 9.10. The van der Waals surface area contributed by atoms with Crippen molar-refractivity contribution in [1.29, 1.82) is 0 Å². The van der Waals surface area contributed by atoms with E-state index >= 15 is 0 Å². The average Bonchev–Trinajstić information content (AvgIpc) is 3.02. The Balaban J connectivity index is 1.96. The highest BCUT2D eigenvalue weighted by molar-refractivity contribution is 7.80. The lowest BCUT2D eigenvalue weighted by molar-refractivity contribution is 0.933. The first-order chi connectivity index (χ1) is 13.7. The summed E-state index contributed by atoms with van der Waals surface area (Å²) in [5, 5.41) is 18.0. The molecule has 0 unspecified atom stereocenters. The number of hydrogen-bond donors (Lipinski definition) is 4. The molecule has 0 radical (unpaired) electrons. The van der Waals surface area contributed by atoms with Crippen molar-refractivity contribution in [1.82, 2.24) is 21.5 Å². The third kappa shape index (κ3) is 4.24. The summed E-state index contributed by atoms with van der Waals surface area (Å²) < 4.78 is 0. The molecule has 0 bridgehead atoms. The zero-order valence-corrected chi connectivity index (χ0v) is 16.8. The van der Waals surface area contributed by atoms with Gasteiger partial charge in [-0.25, -0.2) is 0 Å². The third-order valence-corrected chi connectivity index (χ3v) is 4.46. The number of nitrogens with one attached hydrogen (secondary N) is 4. The van der Waals surface area contributed by atoms with Crippen LogP contribution in [0, 0.1) is 0 Å². The molecular weight excluding hydrogens is 388 g/mol. The van der Waals surface area contributed by atoms with Crippen LogP contribution < -0.4 is 21.5 Å². The smallest absolute Gasteiger partial charge is 0.187 e.